The molecule has 1 saturated heterocycles. The number of fused-ring (bicyclic) bond motifs is 1. The summed E-state index contributed by atoms with van der Waals surface area (Å²) in [7, 11) is 0. The van der Waals surface area contributed by atoms with Crippen LogP contribution in [0, 0.1) is 0 Å². The average molecular weight is 289 g/mol. The standard InChI is InChI=1S/C15H19N3O3/c1-11(9-21-14-4-2-3-5-20-14)18-7-12(8-19)13-6-16-10-17-15(13)18/h6-8,10-11,14H,2-5,9H2,1H3/t11-,14?/m1/s1. The van der Waals surface area contributed by atoms with Crippen molar-refractivity contribution >= 4 is 17.3 Å². The normalized spacial score (nSPS) is 20.5. The quantitative estimate of drug-likeness (QED) is 0.790. The topological polar surface area (TPSA) is 66.2 Å². The van der Waals surface area contributed by atoms with Crippen LogP contribution in [0.1, 0.15) is 42.6 Å². The Hall–Kier alpha value is -1.79. The van der Waals surface area contributed by atoms with Crippen molar-refractivity contribution in [2.45, 2.75) is 38.5 Å². The maximum atomic E-state index is 11.1. The summed E-state index contributed by atoms with van der Waals surface area (Å²) < 4.78 is 13.3. The third-order valence-electron chi connectivity index (χ3n) is 3.79. The van der Waals surface area contributed by atoms with E-state index in [1.165, 1.54) is 6.33 Å². The van der Waals surface area contributed by atoms with Gasteiger partial charge in [-0.2, -0.15) is 0 Å². The van der Waals surface area contributed by atoms with Gasteiger partial charge in [-0.15, -0.1) is 0 Å². The van der Waals surface area contributed by atoms with Gasteiger partial charge in [0.05, 0.1) is 12.6 Å². The molecular weight excluding hydrogens is 270 g/mol. The van der Waals surface area contributed by atoms with Gasteiger partial charge in [0, 0.05) is 30.0 Å². The van der Waals surface area contributed by atoms with Crippen molar-refractivity contribution in [2.75, 3.05) is 13.2 Å². The molecule has 2 aromatic heterocycles. The molecule has 3 heterocycles. The minimum Gasteiger partial charge on any atom is -0.353 e. The molecule has 1 unspecified atom stereocenters. The molecule has 0 N–H and O–H groups in total. The van der Waals surface area contributed by atoms with Crippen LogP contribution in [0.4, 0.5) is 0 Å². The predicted molar refractivity (Wildman–Crippen MR) is 77.2 cm³/mol. The highest BCUT2D eigenvalue weighted by Crippen LogP contribution is 2.22. The Labute approximate surface area is 123 Å². The maximum Gasteiger partial charge on any atom is 0.157 e. The third-order valence-corrected chi connectivity index (χ3v) is 3.79. The number of hydrogen-bond acceptors (Lipinski definition) is 5. The summed E-state index contributed by atoms with van der Waals surface area (Å²) in [5.41, 5.74) is 1.36. The van der Waals surface area contributed by atoms with E-state index in [4.69, 9.17) is 9.47 Å². The Morgan fingerprint density at radius 3 is 3.24 bits per heavy atom. The lowest BCUT2D eigenvalue weighted by molar-refractivity contribution is -0.166. The van der Waals surface area contributed by atoms with E-state index in [1.54, 1.807) is 6.20 Å². The van der Waals surface area contributed by atoms with Crippen LogP contribution in [-0.2, 0) is 9.47 Å². The highest BCUT2D eigenvalue weighted by molar-refractivity contribution is 5.95. The number of carbonyl (C=O) groups is 1. The zero-order valence-electron chi connectivity index (χ0n) is 12.1. The van der Waals surface area contributed by atoms with E-state index in [0.717, 1.165) is 43.2 Å². The van der Waals surface area contributed by atoms with Gasteiger partial charge in [-0.05, 0) is 26.2 Å². The van der Waals surface area contributed by atoms with Gasteiger partial charge in [0.1, 0.15) is 12.0 Å². The van der Waals surface area contributed by atoms with Crippen LogP contribution in [0.3, 0.4) is 0 Å². The van der Waals surface area contributed by atoms with Gasteiger partial charge in [-0.25, -0.2) is 9.97 Å². The molecule has 0 aliphatic carbocycles. The first kappa shape index (κ1) is 14.2. The SMILES string of the molecule is C[C@H](COC1CCCCO1)n1cc(C=O)c2cncnc21. The average Bonchev–Trinajstić information content (AvgIpc) is 2.92. The fourth-order valence-corrected chi connectivity index (χ4v) is 2.61. The minimum atomic E-state index is -0.108. The Balaban J connectivity index is 1.74. The largest absolute Gasteiger partial charge is 0.353 e. The van der Waals surface area contributed by atoms with E-state index in [2.05, 4.69) is 9.97 Å². The molecule has 1 fully saturated rings. The molecule has 112 valence electrons. The molecular formula is C15H19N3O3. The zero-order valence-corrected chi connectivity index (χ0v) is 12.1. The molecule has 0 radical (unpaired) electrons. The number of carbonyl (C=O) groups excluding carboxylic acids is 1. The summed E-state index contributed by atoms with van der Waals surface area (Å²) >= 11 is 0. The van der Waals surface area contributed by atoms with Crippen molar-refractivity contribution in [3.63, 3.8) is 0 Å². The summed E-state index contributed by atoms with van der Waals surface area (Å²) in [6.07, 6.45) is 8.89. The van der Waals surface area contributed by atoms with Crippen LogP contribution in [-0.4, -0.2) is 40.3 Å². The smallest absolute Gasteiger partial charge is 0.157 e. The van der Waals surface area contributed by atoms with Crippen LogP contribution in [0.2, 0.25) is 0 Å². The summed E-state index contributed by atoms with van der Waals surface area (Å²) in [5, 5.41) is 0.772. The summed E-state index contributed by atoms with van der Waals surface area (Å²) in [6.45, 7) is 3.34. The number of aromatic nitrogens is 3. The lowest BCUT2D eigenvalue weighted by atomic mass is 10.2. The molecule has 0 bridgehead atoms. The molecule has 6 heteroatoms. The summed E-state index contributed by atoms with van der Waals surface area (Å²) in [4.78, 5) is 19.4. The van der Waals surface area contributed by atoms with Gasteiger partial charge in [-0.1, -0.05) is 0 Å². The van der Waals surface area contributed by atoms with Crippen LogP contribution < -0.4 is 0 Å². The van der Waals surface area contributed by atoms with Crippen molar-refractivity contribution in [2.24, 2.45) is 0 Å². The van der Waals surface area contributed by atoms with Crippen LogP contribution in [0.5, 0.6) is 0 Å². The van der Waals surface area contributed by atoms with Gasteiger partial charge in [0.25, 0.3) is 0 Å². The van der Waals surface area contributed by atoms with Gasteiger partial charge in [0.15, 0.2) is 12.6 Å². The Morgan fingerprint density at radius 2 is 2.48 bits per heavy atom. The van der Waals surface area contributed by atoms with E-state index in [0.29, 0.717) is 12.2 Å². The fraction of sp³-hybridized carbons (Fsp3) is 0.533. The van der Waals surface area contributed by atoms with Gasteiger partial charge >= 0.3 is 0 Å². The van der Waals surface area contributed by atoms with Crippen molar-refractivity contribution in [1.29, 1.82) is 0 Å². The number of nitrogens with zero attached hydrogens (tertiary/aromatic N) is 3. The van der Waals surface area contributed by atoms with Crippen LogP contribution in [0.15, 0.2) is 18.7 Å². The Kier molecular flexibility index (Phi) is 4.26. The molecule has 3 rings (SSSR count). The second-order valence-corrected chi connectivity index (χ2v) is 5.35. The Bertz CT molecular complexity index is 620. The van der Waals surface area contributed by atoms with Gasteiger partial charge in [0.2, 0.25) is 0 Å². The molecule has 2 atom stereocenters. The Morgan fingerprint density at radius 1 is 1.57 bits per heavy atom. The minimum absolute atomic E-state index is 0.0710. The van der Waals surface area contributed by atoms with E-state index in [-0.39, 0.29) is 12.3 Å². The first-order valence-electron chi connectivity index (χ1n) is 7.28. The predicted octanol–water partition coefficient (Wildman–Crippen LogP) is 2.35. The second kappa shape index (κ2) is 6.32. The molecule has 1 aliphatic rings. The van der Waals surface area contributed by atoms with Crippen molar-refractivity contribution in [3.8, 4) is 0 Å². The highest BCUT2D eigenvalue weighted by Gasteiger charge is 2.18. The zero-order chi connectivity index (χ0) is 14.7. The molecule has 0 saturated carbocycles. The summed E-state index contributed by atoms with van der Waals surface area (Å²) in [5.74, 6) is 0. The molecule has 0 amide bonds. The van der Waals surface area contributed by atoms with Gasteiger partial charge in [-0.3, -0.25) is 4.79 Å². The number of aldehydes is 1. The number of hydrogen-bond donors (Lipinski definition) is 0. The van der Waals surface area contributed by atoms with Gasteiger partial charge < -0.3 is 14.0 Å². The third kappa shape index (κ3) is 2.96. The van der Waals surface area contributed by atoms with E-state index in [1.807, 2.05) is 17.7 Å². The first-order chi connectivity index (χ1) is 10.3. The van der Waals surface area contributed by atoms with Crippen LogP contribution >= 0.6 is 0 Å². The van der Waals surface area contributed by atoms with Crippen LogP contribution in [0.25, 0.3) is 11.0 Å². The lowest BCUT2D eigenvalue weighted by Gasteiger charge is -2.24. The molecule has 1 aliphatic heterocycles. The molecule has 0 spiro atoms. The summed E-state index contributed by atoms with van der Waals surface area (Å²) in [6, 6.07) is 0.0710. The fourth-order valence-electron chi connectivity index (χ4n) is 2.61. The lowest BCUT2D eigenvalue weighted by Crippen LogP contribution is -2.25. The van der Waals surface area contributed by atoms with Crippen molar-refractivity contribution in [1.82, 2.24) is 14.5 Å². The monoisotopic (exact) mass is 289 g/mol. The molecule has 6 nitrogen and oxygen atoms in total. The van der Waals surface area contributed by atoms with E-state index < -0.39 is 0 Å². The second-order valence-electron chi connectivity index (χ2n) is 5.35. The molecule has 21 heavy (non-hydrogen) atoms. The van der Waals surface area contributed by atoms with E-state index >= 15 is 0 Å². The van der Waals surface area contributed by atoms with Crippen molar-refractivity contribution in [3.05, 3.63) is 24.3 Å². The number of ether oxygens (including phenoxy) is 2. The number of rotatable bonds is 5. The maximum absolute atomic E-state index is 11.1. The molecule has 2 aromatic rings. The molecule has 0 aromatic carbocycles. The highest BCUT2D eigenvalue weighted by atomic mass is 16.7. The van der Waals surface area contributed by atoms with Crippen molar-refractivity contribution < 1.29 is 14.3 Å². The van der Waals surface area contributed by atoms with E-state index in [9.17, 15) is 4.79 Å². The first-order valence-corrected chi connectivity index (χ1v) is 7.28.